The van der Waals surface area contributed by atoms with Crippen molar-refractivity contribution in [2.75, 3.05) is 13.2 Å². The predicted molar refractivity (Wildman–Crippen MR) is 81.1 cm³/mol. The van der Waals surface area contributed by atoms with Gasteiger partial charge in [-0.25, -0.2) is 0 Å². The van der Waals surface area contributed by atoms with E-state index < -0.39 is 0 Å². The van der Waals surface area contributed by atoms with Gasteiger partial charge in [-0.3, -0.25) is 9.59 Å². The summed E-state index contributed by atoms with van der Waals surface area (Å²) in [7, 11) is 0. The standard InChI is InChI=1S/C16H17N3O3/c20-15-9-8-14(16(21)17-11-13-7-4-10-22-13)18-19(15)12-5-2-1-3-6-12/h1-3,5-6,8-9,13H,4,7,10-11H2,(H,17,21)/t13-/m1/s1. The van der Waals surface area contributed by atoms with Gasteiger partial charge in [0.2, 0.25) is 0 Å². The van der Waals surface area contributed by atoms with Crippen LogP contribution in [-0.2, 0) is 4.74 Å². The lowest BCUT2D eigenvalue weighted by Crippen LogP contribution is -2.34. The van der Waals surface area contributed by atoms with Crippen LogP contribution >= 0.6 is 0 Å². The van der Waals surface area contributed by atoms with E-state index in [2.05, 4.69) is 10.4 Å². The van der Waals surface area contributed by atoms with Crippen molar-refractivity contribution in [3.8, 4) is 5.69 Å². The molecule has 1 N–H and O–H groups in total. The van der Waals surface area contributed by atoms with Gasteiger partial charge in [0.25, 0.3) is 11.5 Å². The van der Waals surface area contributed by atoms with Gasteiger partial charge in [-0.15, -0.1) is 0 Å². The van der Waals surface area contributed by atoms with Crippen LogP contribution in [0, 0.1) is 0 Å². The van der Waals surface area contributed by atoms with Crippen molar-refractivity contribution in [1.82, 2.24) is 15.1 Å². The third kappa shape index (κ3) is 3.23. The second-order valence-corrected chi connectivity index (χ2v) is 5.15. The van der Waals surface area contributed by atoms with E-state index >= 15 is 0 Å². The maximum atomic E-state index is 12.2. The van der Waals surface area contributed by atoms with E-state index in [9.17, 15) is 9.59 Å². The topological polar surface area (TPSA) is 73.2 Å². The molecular weight excluding hydrogens is 282 g/mol. The van der Waals surface area contributed by atoms with Crippen LogP contribution in [0.25, 0.3) is 5.69 Å². The molecule has 0 bridgehead atoms. The first-order valence-corrected chi connectivity index (χ1v) is 7.29. The minimum absolute atomic E-state index is 0.0731. The fourth-order valence-corrected chi connectivity index (χ4v) is 2.39. The van der Waals surface area contributed by atoms with Crippen molar-refractivity contribution in [3.63, 3.8) is 0 Å². The average molecular weight is 299 g/mol. The first-order valence-electron chi connectivity index (χ1n) is 7.29. The molecule has 22 heavy (non-hydrogen) atoms. The number of benzene rings is 1. The normalized spacial score (nSPS) is 17.4. The summed E-state index contributed by atoms with van der Waals surface area (Å²) < 4.78 is 6.68. The van der Waals surface area contributed by atoms with Crippen LogP contribution in [0.3, 0.4) is 0 Å². The van der Waals surface area contributed by atoms with E-state index in [-0.39, 0.29) is 23.3 Å². The van der Waals surface area contributed by atoms with Gasteiger partial charge in [-0.2, -0.15) is 9.78 Å². The Balaban J connectivity index is 1.76. The van der Waals surface area contributed by atoms with Crippen LogP contribution in [0.15, 0.2) is 47.3 Å². The van der Waals surface area contributed by atoms with Gasteiger partial charge in [0.05, 0.1) is 11.8 Å². The van der Waals surface area contributed by atoms with Crippen molar-refractivity contribution in [2.45, 2.75) is 18.9 Å². The molecule has 0 aliphatic carbocycles. The predicted octanol–water partition coefficient (Wildman–Crippen LogP) is 1.14. The van der Waals surface area contributed by atoms with Gasteiger partial charge in [0, 0.05) is 19.2 Å². The molecule has 1 aromatic heterocycles. The number of rotatable bonds is 4. The number of ether oxygens (including phenoxy) is 1. The number of para-hydroxylation sites is 1. The molecule has 0 radical (unpaired) electrons. The zero-order valence-corrected chi connectivity index (χ0v) is 12.1. The zero-order chi connectivity index (χ0) is 15.4. The number of carbonyl (C=O) groups is 1. The lowest BCUT2D eigenvalue weighted by Gasteiger charge is -2.11. The minimum Gasteiger partial charge on any atom is -0.376 e. The highest BCUT2D eigenvalue weighted by molar-refractivity contribution is 5.92. The number of carbonyl (C=O) groups excluding carboxylic acids is 1. The summed E-state index contributed by atoms with van der Waals surface area (Å²) in [5, 5.41) is 6.94. The molecule has 6 nitrogen and oxygen atoms in total. The lowest BCUT2D eigenvalue weighted by molar-refractivity contribution is 0.0852. The summed E-state index contributed by atoms with van der Waals surface area (Å²) in [4.78, 5) is 24.1. The van der Waals surface area contributed by atoms with E-state index in [0.29, 0.717) is 12.2 Å². The van der Waals surface area contributed by atoms with Gasteiger partial charge in [0.1, 0.15) is 5.69 Å². The summed E-state index contributed by atoms with van der Waals surface area (Å²) in [6.07, 6.45) is 2.05. The zero-order valence-electron chi connectivity index (χ0n) is 12.1. The van der Waals surface area contributed by atoms with E-state index in [0.717, 1.165) is 19.4 Å². The molecule has 2 aromatic rings. The first-order chi connectivity index (χ1) is 10.7. The van der Waals surface area contributed by atoms with Crippen LogP contribution in [0.1, 0.15) is 23.3 Å². The Morgan fingerprint density at radius 3 is 2.82 bits per heavy atom. The maximum absolute atomic E-state index is 12.2. The Labute approximate surface area is 127 Å². The lowest BCUT2D eigenvalue weighted by atomic mass is 10.2. The van der Waals surface area contributed by atoms with Gasteiger partial charge in [-0.1, -0.05) is 18.2 Å². The molecule has 1 saturated heterocycles. The highest BCUT2D eigenvalue weighted by Gasteiger charge is 2.17. The Bertz CT molecular complexity index is 706. The van der Waals surface area contributed by atoms with Crippen molar-refractivity contribution in [2.24, 2.45) is 0 Å². The van der Waals surface area contributed by atoms with Crippen LogP contribution < -0.4 is 10.9 Å². The van der Waals surface area contributed by atoms with E-state index in [1.165, 1.54) is 16.8 Å². The SMILES string of the molecule is O=C(NC[C@H]1CCCO1)c1ccc(=O)n(-c2ccccc2)n1. The van der Waals surface area contributed by atoms with Gasteiger partial charge < -0.3 is 10.1 Å². The fourth-order valence-electron chi connectivity index (χ4n) is 2.39. The van der Waals surface area contributed by atoms with Gasteiger partial charge in [-0.05, 0) is 31.0 Å². The molecular formula is C16H17N3O3. The second-order valence-electron chi connectivity index (χ2n) is 5.15. The molecule has 1 fully saturated rings. The minimum atomic E-state index is -0.305. The number of amides is 1. The molecule has 0 saturated carbocycles. The van der Waals surface area contributed by atoms with Crippen LogP contribution in [0.5, 0.6) is 0 Å². The van der Waals surface area contributed by atoms with Gasteiger partial charge in [0.15, 0.2) is 0 Å². The van der Waals surface area contributed by atoms with Crippen molar-refractivity contribution in [1.29, 1.82) is 0 Å². The first kappa shape index (κ1) is 14.5. The maximum Gasteiger partial charge on any atom is 0.271 e. The van der Waals surface area contributed by atoms with Gasteiger partial charge >= 0.3 is 0 Å². The summed E-state index contributed by atoms with van der Waals surface area (Å²) in [5.41, 5.74) is 0.560. The molecule has 1 atom stereocenters. The molecule has 0 unspecified atom stereocenters. The van der Waals surface area contributed by atoms with E-state index in [1.54, 1.807) is 12.1 Å². The number of aromatic nitrogens is 2. The third-order valence-corrected chi connectivity index (χ3v) is 3.55. The van der Waals surface area contributed by atoms with Crippen molar-refractivity contribution >= 4 is 5.91 Å². The Morgan fingerprint density at radius 1 is 1.27 bits per heavy atom. The summed E-state index contributed by atoms with van der Waals surface area (Å²) in [6, 6.07) is 11.8. The summed E-state index contributed by atoms with van der Waals surface area (Å²) in [6.45, 7) is 1.21. The number of nitrogens with one attached hydrogen (secondary N) is 1. The molecule has 2 heterocycles. The Morgan fingerprint density at radius 2 is 2.09 bits per heavy atom. The third-order valence-electron chi connectivity index (χ3n) is 3.55. The molecule has 1 aromatic carbocycles. The largest absolute Gasteiger partial charge is 0.376 e. The molecule has 6 heteroatoms. The molecule has 114 valence electrons. The highest BCUT2D eigenvalue weighted by Crippen LogP contribution is 2.10. The molecule has 0 spiro atoms. The molecule has 1 amide bonds. The monoisotopic (exact) mass is 299 g/mol. The number of nitrogens with zero attached hydrogens (tertiary/aromatic N) is 2. The van der Waals surface area contributed by atoms with Crippen LogP contribution in [0.4, 0.5) is 0 Å². The van der Waals surface area contributed by atoms with Crippen molar-refractivity contribution in [3.05, 3.63) is 58.5 Å². The second kappa shape index (κ2) is 6.53. The van der Waals surface area contributed by atoms with Crippen LogP contribution in [0.2, 0.25) is 0 Å². The Kier molecular flexibility index (Phi) is 4.29. The number of hydrogen-bond acceptors (Lipinski definition) is 4. The molecule has 1 aliphatic heterocycles. The fraction of sp³-hybridized carbons (Fsp3) is 0.312. The summed E-state index contributed by atoms with van der Waals surface area (Å²) >= 11 is 0. The van der Waals surface area contributed by atoms with E-state index in [1.807, 2.05) is 18.2 Å². The Hall–Kier alpha value is -2.47. The summed E-state index contributed by atoms with van der Waals surface area (Å²) in [5.74, 6) is -0.305. The molecule has 3 rings (SSSR count). The molecule has 1 aliphatic rings. The van der Waals surface area contributed by atoms with Crippen molar-refractivity contribution < 1.29 is 9.53 Å². The average Bonchev–Trinajstić information content (AvgIpc) is 3.07. The smallest absolute Gasteiger partial charge is 0.271 e. The number of hydrogen-bond donors (Lipinski definition) is 1. The van der Waals surface area contributed by atoms with E-state index in [4.69, 9.17) is 4.74 Å². The van der Waals surface area contributed by atoms with Crippen LogP contribution in [-0.4, -0.2) is 34.9 Å². The quantitative estimate of drug-likeness (QED) is 0.919. The highest BCUT2D eigenvalue weighted by atomic mass is 16.5.